The third-order valence-corrected chi connectivity index (χ3v) is 5.28. The molecule has 0 saturated carbocycles. The van der Waals surface area contributed by atoms with Crippen LogP contribution in [0.4, 0.5) is 0 Å². The number of hydrogen-bond acceptors (Lipinski definition) is 3. The zero-order chi connectivity index (χ0) is 19.2. The van der Waals surface area contributed by atoms with Crippen molar-refractivity contribution < 1.29 is 0 Å². The molecule has 0 aliphatic rings. The fourth-order valence-electron chi connectivity index (χ4n) is 3.65. The van der Waals surface area contributed by atoms with E-state index in [1.165, 1.54) is 0 Å². The molecule has 1 unspecified atom stereocenters. The Morgan fingerprint density at radius 3 is 2.44 bits per heavy atom. The Bertz CT molecular complexity index is 1190. The highest BCUT2D eigenvalue weighted by molar-refractivity contribution is 5.95. The van der Waals surface area contributed by atoms with Gasteiger partial charge in [0.1, 0.15) is 0 Å². The molecular weight excluding hydrogens is 336 g/mol. The van der Waals surface area contributed by atoms with Gasteiger partial charge in [-0.3, -0.25) is 4.79 Å². The SMILES string of the molecule is Cn1cncc1C(C)(N)c1ccc2c(c1)c(-c1ccccc1)cc(=O)n2C. The van der Waals surface area contributed by atoms with E-state index in [0.29, 0.717) is 0 Å². The van der Waals surface area contributed by atoms with Gasteiger partial charge in [0.15, 0.2) is 0 Å². The Morgan fingerprint density at radius 1 is 1.04 bits per heavy atom. The van der Waals surface area contributed by atoms with E-state index >= 15 is 0 Å². The third-order valence-electron chi connectivity index (χ3n) is 5.28. The van der Waals surface area contributed by atoms with Gasteiger partial charge < -0.3 is 14.9 Å². The molecule has 0 saturated heterocycles. The van der Waals surface area contributed by atoms with E-state index in [2.05, 4.69) is 11.1 Å². The number of imidazole rings is 1. The van der Waals surface area contributed by atoms with Crippen molar-refractivity contribution in [2.24, 2.45) is 19.8 Å². The second-order valence-electron chi connectivity index (χ2n) is 7.15. The summed E-state index contributed by atoms with van der Waals surface area (Å²) < 4.78 is 3.60. The Balaban J connectivity index is 2.01. The van der Waals surface area contributed by atoms with Crippen LogP contribution in [0.1, 0.15) is 18.2 Å². The third kappa shape index (κ3) is 2.76. The van der Waals surface area contributed by atoms with E-state index in [1.54, 1.807) is 30.2 Å². The minimum atomic E-state index is -0.706. The lowest BCUT2D eigenvalue weighted by molar-refractivity contribution is 0.555. The van der Waals surface area contributed by atoms with Gasteiger partial charge in [-0.25, -0.2) is 4.98 Å². The van der Waals surface area contributed by atoms with E-state index < -0.39 is 5.54 Å². The predicted octanol–water partition coefficient (Wildman–Crippen LogP) is 3.16. The van der Waals surface area contributed by atoms with Crippen molar-refractivity contribution in [1.29, 1.82) is 0 Å². The van der Waals surface area contributed by atoms with Gasteiger partial charge in [-0.15, -0.1) is 0 Å². The van der Waals surface area contributed by atoms with Crippen LogP contribution in [0, 0.1) is 0 Å². The van der Waals surface area contributed by atoms with Gasteiger partial charge in [-0.1, -0.05) is 36.4 Å². The minimum Gasteiger partial charge on any atom is -0.336 e. The lowest BCUT2D eigenvalue weighted by atomic mass is 9.87. The molecule has 4 aromatic rings. The van der Waals surface area contributed by atoms with Crippen molar-refractivity contribution in [2.45, 2.75) is 12.5 Å². The number of nitrogens with two attached hydrogens (primary N) is 1. The van der Waals surface area contributed by atoms with Crippen LogP contribution in [0.25, 0.3) is 22.0 Å². The highest BCUT2D eigenvalue weighted by Crippen LogP contribution is 2.32. The van der Waals surface area contributed by atoms with Crippen LogP contribution in [-0.4, -0.2) is 14.1 Å². The molecule has 0 spiro atoms. The zero-order valence-corrected chi connectivity index (χ0v) is 15.7. The summed E-state index contributed by atoms with van der Waals surface area (Å²) in [5.74, 6) is 0. The van der Waals surface area contributed by atoms with E-state index in [4.69, 9.17) is 5.73 Å². The Hall–Kier alpha value is -3.18. The van der Waals surface area contributed by atoms with E-state index in [0.717, 1.165) is 33.3 Å². The number of benzene rings is 2. The molecular formula is C22H22N4O. The molecule has 0 radical (unpaired) electrons. The summed E-state index contributed by atoms with van der Waals surface area (Å²) in [4.78, 5) is 16.7. The molecule has 0 bridgehead atoms. The molecule has 0 aliphatic carbocycles. The Kier molecular flexibility index (Phi) is 3.97. The Labute approximate surface area is 157 Å². The molecule has 2 aromatic heterocycles. The van der Waals surface area contributed by atoms with Crippen molar-refractivity contribution in [3.8, 4) is 11.1 Å². The van der Waals surface area contributed by atoms with Crippen LogP contribution in [0.2, 0.25) is 0 Å². The van der Waals surface area contributed by atoms with Crippen LogP contribution in [-0.2, 0) is 19.6 Å². The minimum absolute atomic E-state index is 0.0313. The summed E-state index contributed by atoms with van der Waals surface area (Å²) in [7, 11) is 3.73. The zero-order valence-electron chi connectivity index (χ0n) is 15.7. The standard InChI is InChI=1S/C22H22N4O/c1-22(23,20-13-24-14-25(20)2)16-9-10-19-18(11-16)17(12-21(27)26(19)3)15-7-5-4-6-8-15/h4-14H,23H2,1-3H3. The Morgan fingerprint density at radius 2 is 1.78 bits per heavy atom. The maximum Gasteiger partial charge on any atom is 0.251 e. The first-order chi connectivity index (χ1) is 12.9. The summed E-state index contributed by atoms with van der Waals surface area (Å²) >= 11 is 0. The number of rotatable bonds is 3. The van der Waals surface area contributed by atoms with E-state index in [-0.39, 0.29) is 5.56 Å². The number of hydrogen-bond donors (Lipinski definition) is 1. The van der Waals surface area contributed by atoms with Crippen molar-refractivity contribution >= 4 is 10.9 Å². The first-order valence-electron chi connectivity index (χ1n) is 8.85. The molecule has 1 atom stereocenters. The molecule has 136 valence electrons. The molecule has 4 rings (SSSR count). The molecule has 0 amide bonds. The first-order valence-corrected chi connectivity index (χ1v) is 8.85. The number of aromatic nitrogens is 3. The summed E-state index contributed by atoms with van der Waals surface area (Å²) in [5, 5.41) is 1.000. The molecule has 0 aliphatic heterocycles. The second-order valence-corrected chi connectivity index (χ2v) is 7.15. The molecule has 2 aromatic carbocycles. The molecule has 2 N–H and O–H groups in total. The van der Waals surface area contributed by atoms with Gasteiger partial charge in [0.25, 0.3) is 5.56 Å². The summed E-state index contributed by atoms with van der Waals surface area (Å²) in [6, 6.07) is 17.7. The average Bonchev–Trinajstić information content (AvgIpc) is 3.12. The topological polar surface area (TPSA) is 65.8 Å². The van der Waals surface area contributed by atoms with Crippen LogP contribution in [0.3, 0.4) is 0 Å². The number of pyridine rings is 1. The van der Waals surface area contributed by atoms with Gasteiger partial charge in [-0.05, 0) is 35.7 Å². The molecule has 0 fully saturated rings. The fraction of sp³-hybridized carbons (Fsp3) is 0.182. The lowest BCUT2D eigenvalue weighted by Crippen LogP contribution is -2.36. The quantitative estimate of drug-likeness (QED) is 0.612. The van der Waals surface area contributed by atoms with Crippen LogP contribution in [0.15, 0.2) is 71.9 Å². The van der Waals surface area contributed by atoms with Crippen molar-refractivity contribution in [1.82, 2.24) is 14.1 Å². The van der Waals surface area contributed by atoms with Crippen molar-refractivity contribution in [3.05, 3.63) is 88.7 Å². The number of nitrogens with zero attached hydrogens (tertiary/aromatic N) is 3. The molecule has 5 heteroatoms. The largest absolute Gasteiger partial charge is 0.336 e. The van der Waals surface area contributed by atoms with Gasteiger partial charge >= 0.3 is 0 Å². The van der Waals surface area contributed by atoms with Gasteiger partial charge in [-0.2, -0.15) is 0 Å². The highest BCUT2D eigenvalue weighted by Gasteiger charge is 2.27. The number of fused-ring (bicyclic) bond motifs is 1. The maximum atomic E-state index is 12.5. The second kappa shape index (κ2) is 6.21. The summed E-state index contributed by atoms with van der Waals surface area (Å²) in [6.45, 7) is 1.98. The normalized spacial score (nSPS) is 13.6. The van der Waals surface area contributed by atoms with E-state index in [1.807, 2.05) is 61.0 Å². The average molecular weight is 358 g/mol. The van der Waals surface area contributed by atoms with Gasteiger partial charge in [0, 0.05) is 25.5 Å². The summed E-state index contributed by atoms with van der Waals surface area (Å²) in [5.41, 5.74) is 10.7. The lowest BCUT2D eigenvalue weighted by Gasteiger charge is -2.26. The van der Waals surface area contributed by atoms with E-state index in [9.17, 15) is 4.79 Å². The monoisotopic (exact) mass is 358 g/mol. The molecule has 5 nitrogen and oxygen atoms in total. The first kappa shape index (κ1) is 17.2. The van der Waals surface area contributed by atoms with Crippen LogP contribution < -0.4 is 11.3 Å². The van der Waals surface area contributed by atoms with Gasteiger partial charge in [0.2, 0.25) is 0 Å². The molecule has 2 heterocycles. The van der Waals surface area contributed by atoms with Crippen molar-refractivity contribution in [3.63, 3.8) is 0 Å². The number of aryl methyl sites for hydroxylation is 2. The van der Waals surface area contributed by atoms with Crippen LogP contribution in [0.5, 0.6) is 0 Å². The summed E-state index contributed by atoms with van der Waals surface area (Å²) in [6.07, 6.45) is 3.55. The maximum absolute atomic E-state index is 12.5. The fourth-order valence-corrected chi connectivity index (χ4v) is 3.65. The predicted molar refractivity (Wildman–Crippen MR) is 108 cm³/mol. The van der Waals surface area contributed by atoms with Crippen LogP contribution >= 0.6 is 0 Å². The van der Waals surface area contributed by atoms with Gasteiger partial charge in [0.05, 0.1) is 29.3 Å². The highest BCUT2D eigenvalue weighted by atomic mass is 16.1. The van der Waals surface area contributed by atoms with Crippen molar-refractivity contribution in [2.75, 3.05) is 0 Å². The smallest absolute Gasteiger partial charge is 0.251 e. The molecule has 27 heavy (non-hydrogen) atoms.